The molecule has 0 saturated carbocycles. The normalized spacial score (nSPS) is 9.88. The van der Waals surface area contributed by atoms with E-state index in [2.05, 4.69) is 10.6 Å². The standard InChI is InChI=1S/C11H15FN2O2/c12-10-4-2-1-3-9(10)5-6-13-11(16)14-7-8-15/h1-4,15H,5-8H2,(H2,13,14,16). The number of amides is 2. The molecule has 0 aliphatic carbocycles. The molecule has 3 N–H and O–H groups in total. The summed E-state index contributed by atoms with van der Waals surface area (Å²) in [5.74, 6) is -0.264. The number of hydrogen-bond donors (Lipinski definition) is 3. The quantitative estimate of drug-likeness (QED) is 0.690. The van der Waals surface area contributed by atoms with Gasteiger partial charge >= 0.3 is 6.03 Å². The molecule has 0 saturated heterocycles. The Morgan fingerprint density at radius 2 is 1.94 bits per heavy atom. The van der Waals surface area contributed by atoms with Gasteiger partial charge in [0.1, 0.15) is 5.82 Å². The maximum Gasteiger partial charge on any atom is 0.314 e. The van der Waals surface area contributed by atoms with Crippen LogP contribution in [0.3, 0.4) is 0 Å². The lowest BCUT2D eigenvalue weighted by Gasteiger charge is -2.06. The summed E-state index contributed by atoms with van der Waals surface area (Å²) in [5, 5.41) is 13.5. The molecule has 4 nitrogen and oxygen atoms in total. The molecule has 0 aliphatic rings. The van der Waals surface area contributed by atoms with Crippen molar-refractivity contribution in [2.24, 2.45) is 0 Å². The summed E-state index contributed by atoms with van der Waals surface area (Å²) in [6.07, 6.45) is 0.444. The van der Waals surface area contributed by atoms with Gasteiger partial charge in [-0.25, -0.2) is 9.18 Å². The Hall–Kier alpha value is -1.62. The highest BCUT2D eigenvalue weighted by atomic mass is 19.1. The van der Waals surface area contributed by atoms with E-state index in [0.29, 0.717) is 18.5 Å². The van der Waals surface area contributed by atoms with Gasteiger partial charge < -0.3 is 15.7 Å². The van der Waals surface area contributed by atoms with Gasteiger partial charge in [0.05, 0.1) is 6.61 Å². The van der Waals surface area contributed by atoms with E-state index in [0.717, 1.165) is 0 Å². The number of aliphatic hydroxyl groups is 1. The van der Waals surface area contributed by atoms with Crippen molar-refractivity contribution in [3.05, 3.63) is 35.6 Å². The van der Waals surface area contributed by atoms with E-state index >= 15 is 0 Å². The predicted octanol–water partition coefficient (Wildman–Crippen LogP) is 0.660. The Bertz CT molecular complexity index is 345. The van der Waals surface area contributed by atoms with Gasteiger partial charge in [-0.3, -0.25) is 0 Å². The minimum atomic E-state index is -0.356. The van der Waals surface area contributed by atoms with Gasteiger partial charge in [0.15, 0.2) is 0 Å². The fraction of sp³-hybridized carbons (Fsp3) is 0.364. The molecule has 16 heavy (non-hydrogen) atoms. The van der Waals surface area contributed by atoms with Crippen molar-refractivity contribution in [1.29, 1.82) is 0 Å². The molecule has 0 heterocycles. The zero-order chi connectivity index (χ0) is 11.8. The minimum Gasteiger partial charge on any atom is -0.395 e. The summed E-state index contributed by atoms with van der Waals surface area (Å²) in [4.78, 5) is 11.0. The molecule has 5 heteroatoms. The van der Waals surface area contributed by atoms with Crippen LogP contribution in [0.25, 0.3) is 0 Å². The number of aliphatic hydroxyl groups excluding tert-OH is 1. The molecule has 0 atom stereocenters. The molecular formula is C11H15FN2O2. The van der Waals surface area contributed by atoms with Crippen LogP contribution in [0.15, 0.2) is 24.3 Å². The van der Waals surface area contributed by atoms with Gasteiger partial charge in [-0.1, -0.05) is 18.2 Å². The number of carbonyl (C=O) groups is 1. The molecule has 0 fully saturated rings. The van der Waals surface area contributed by atoms with Crippen molar-refractivity contribution in [2.75, 3.05) is 19.7 Å². The highest BCUT2D eigenvalue weighted by molar-refractivity contribution is 5.73. The molecule has 1 rings (SSSR count). The molecule has 0 aliphatic heterocycles. The average Bonchev–Trinajstić information content (AvgIpc) is 2.29. The van der Waals surface area contributed by atoms with Crippen LogP contribution in [-0.4, -0.2) is 30.8 Å². The van der Waals surface area contributed by atoms with Crippen LogP contribution in [0.5, 0.6) is 0 Å². The predicted molar refractivity (Wildman–Crippen MR) is 58.6 cm³/mol. The molecule has 88 valence electrons. The van der Waals surface area contributed by atoms with Crippen LogP contribution in [0.1, 0.15) is 5.56 Å². The summed E-state index contributed by atoms with van der Waals surface area (Å²) in [6.45, 7) is 0.477. The Morgan fingerprint density at radius 1 is 1.25 bits per heavy atom. The van der Waals surface area contributed by atoms with E-state index in [-0.39, 0.29) is 25.0 Å². The number of urea groups is 1. The minimum absolute atomic E-state index is 0.0965. The van der Waals surface area contributed by atoms with Crippen molar-refractivity contribution in [3.8, 4) is 0 Å². The maximum atomic E-state index is 13.2. The van der Waals surface area contributed by atoms with E-state index in [1.165, 1.54) is 6.07 Å². The Balaban J connectivity index is 2.25. The first-order valence-corrected chi connectivity index (χ1v) is 5.10. The second kappa shape index (κ2) is 6.79. The van der Waals surface area contributed by atoms with E-state index in [4.69, 9.17) is 5.11 Å². The van der Waals surface area contributed by atoms with Crippen LogP contribution in [-0.2, 0) is 6.42 Å². The monoisotopic (exact) mass is 226 g/mol. The van der Waals surface area contributed by atoms with Crippen molar-refractivity contribution in [2.45, 2.75) is 6.42 Å². The summed E-state index contributed by atoms with van der Waals surface area (Å²) >= 11 is 0. The SMILES string of the molecule is O=C(NCCO)NCCc1ccccc1F. The Labute approximate surface area is 93.5 Å². The van der Waals surface area contributed by atoms with Gasteiger partial charge in [-0.15, -0.1) is 0 Å². The van der Waals surface area contributed by atoms with Crippen LogP contribution < -0.4 is 10.6 Å². The lowest BCUT2D eigenvalue weighted by molar-refractivity contribution is 0.234. The van der Waals surface area contributed by atoms with E-state index < -0.39 is 0 Å². The first-order chi connectivity index (χ1) is 7.74. The number of benzene rings is 1. The van der Waals surface area contributed by atoms with E-state index in [1.54, 1.807) is 18.2 Å². The number of nitrogens with one attached hydrogen (secondary N) is 2. The number of carbonyl (C=O) groups excluding carboxylic acids is 1. The zero-order valence-electron chi connectivity index (χ0n) is 8.87. The van der Waals surface area contributed by atoms with Crippen molar-refractivity contribution in [3.63, 3.8) is 0 Å². The van der Waals surface area contributed by atoms with Crippen LogP contribution >= 0.6 is 0 Å². The van der Waals surface area contributed by atoms with Gasteiger partial charge in [-0.05, 0) is 18.1 Å². The highest BCUT2D eigenvalue weighted by Crippen LogP contribution is 2.05. The molecule has 1 aromatic rings. The number of rotatable bonds is 5. The summed E-state index contributed by atoms with van der Waals surface area (Å²) in [6, 6.07) is 6.10. The molecule has 1 aromatic carbocycles. The second-order valence-corrected chi connectivity index (χ2v) is 3.25. The first kappa shape index (κ1) is 12.4. The molecule has 0 bridgehead atoms. The van der Waals surface area contributed by atoms with Gasteiger partial charge in [0, 0.05) is 13.1 Å². The van der Waals surface area contributed by atoms with Crippen molar-refractivity contribution < 1.29 is 14.3 Å². The van der Waals surface area contributed by atoms with E-state index in [1.807, 2.05) is 0 Å². The molecule has 0 spiro atoms. The second-order valence-electron chi connectivity index (χ2n) is 3.25. The maximum absolute atomic E-state index is 13.2. The van der Waals surface area contributed by atoms with Crippen molar-refractivity contribution >= 4 is 6.03 Å². The zero-order valence-corrected chi connectivity index (χ0v) is 8.87. The van der Waals surface area contributed by atoms with Gasteiger partial charge in [-0.2, -0.15) is 0 Å². The topological polar surface area (TPSA) is 61.4 Å². The third kappa shape index (κ3) is 4.27. The van der Waals surface area contributed by atoms with Crippen molar-refractivity contribution in [1.82, 2.24) is 10.6 Å². The number of hydrogen-bond acceptors (Lipinski definition) is 2. The number of halogens is 1. The lowest BCUT2D eigenvalue weighted by atomic mass is 10.1. The van der Waals surface area contributed by atoms with E-state index in [9.17, 15) is 9.18 Å². The highest BCUT2D eigenvalue weighted by Gasteiger charge is 2.01. The average molecular weight is 226 g/mol. The van der Waals surface area contributed by atoms with Gasteiger partial charge in [0.2, 0.25) is 0 Å². The Morgan fingerprint density at radius 3 is 2.62 bits per heavy atom. The third-order valence-electron chi connectivity index (χ3n) is 2.04. The Kier molecular flexibility index (Phi) is 5.28. The lowest BCUT2D eigenvalue weighted by Crippen LogP contribution is -2.38. The molecule has 2 amide bonds. The fourth-order valence-corrected chi connectivity index (χ4v) is 1.24. The van der Waals surface area contributed by atoms with Crippen LogP contribution in [0, 0.1) is 5.82 Å². The molecular weight excluding hydrogens is 211 g/mol. The first-order valence-electron chi connectivity index (χ1n) is 5.10. The summed E-state index contributed by atoms with van der Waals surface area (Å²) in [7, 11) is 0. The van der Waals surface area contributed by atoms with Crippen LogP contribution in [0.4, 0.5) is 9.18 Å². The molecule has 0 aromatic heterocycles. The third-order valence-corrected chi connectivity index (χ3v) is 2.04. The smallest absolute Gasteiger partial charge is 0.314 e. The van der Waals surface area contributed by atoms with Crippen LogP contribution in [0.2, 0.25) is 0 Å². The van der Waals surface area contributed by atoms with Gasteiger partial charge in [0.25, 0.3) is 0 Å². The fourth-order valence-electron chi connectivity index (χ4n) is 1.24. The molecule has 0 unspecified atom stereocenters. The largest absolute Gasteiger partial charge is 0.395 e. The summed E-state index contributed by atoms with van der Waals surface area (Å²) in [5.41, 5.74) is 0.574. The summed E-state index contributed by atoms with van der Waals surface area (Å²) < 4.78 is 13.2. The molecule has 0 radical (unpaired) electrons.